The van der Waals surface area contributed by atoms with Crippen LogP contribution in [0.5, 0.6) is 0 Å². The first-order valence-electron chi connectivity index (χ1n) is 5.87. The molecule has 0 bridgehead atoms. The zero-order valence-corrected chi connectivity index (χ0v) is 10.0. The Morgan fingerprint density at radius 1 is 1.21 bits per heavy atom. The van der Waals surface area contributed by atoms with Crippen LogP contribution in [-0.2, 0) is 6.54 Å². The number of hydrogen-bond acceptors (Lipinski definition) is 1. The molecule has 0 atom stereocenters. The molecule has 0 spiro atoms. The lowest BCUT2D eigenvalue weighted by atomic mass is 9.93. The van der Waals surface area contributed by atoms with Gasteiger partial charge < -0.3 is 11.1 Å². The largest absolute Gasteiger partial charge is 0.370 e. The lowest BCUT2D eigenvalue weighted by Crippen LogP contribution is -2.43. The number of aliphatic imine (C=N–C) groups is 1. The van der Waals surface area contributed by atoms with Gasteiger partial charge in [0.25, 0.3) is 0 Å². The van der Waals surface area contributed by atoms with Crippen LogP contribution in [0, 0.1) is 23.3 Å². The predicted octanol–water partition coefficient (Wildman–Crippen LogP) is 2.20. The summed E-state index contributed by atoms with van der Waals surface area (Å²) in [6, 6.07) is 0.516. The lowest BCUT2D eigenvalue weighted by Gasteiger charge is -2.26. The maximum Gasteiger partial charge on any atom is 0.194 e. The third kappa shape index (κ3) is 2.97. The van der Waals surface area contributed by atoms with Crippen molar-refractivity contribution in [2.45, 2.75) is 31.8 Å². The molecule has 3 N–H and O–H groups in total. The van der Waals surface area contributed by atoms with Gasteiger partial charge in [0.2, 0.25) is 0 Å². The van der Waals surface area contributed by atoms with Crippen molar-refractivity contribution in [3.05, 3.63) is 34.9 Å². The van der Waals surface area contributed by atoms with Crippen LogP contribution in [0.15, 0.2) is 11.1 Å². The molecule has 1 aromatic carbocycles. The van der Waals surface area contributed by atoms with Gasteiger partial charge in [-0.3, -0.25) is 0 Å². The van der Waals surface area contributed by atoms with Gasteiger partial charge in [-0.25, -0.2) is 22.6 Å². The quantitative estimate of drug-likeness (QED) is 0.292. The van der Waals surface area contributed by atoms with Crippen LogP contribution in [0.25, 0.3) is 0 Å². The van der Waals surface area contributed by atoms with Crippen LogP contribution >= 0.6 is 0 Å². The van der Waals surface area contributed by atoms with E-state index in [0.29, 0.717) is 6.07 Å². The molecule has 1 aromatic rings. The standard InChI is InChI=1S/C12H13F4N3/c13-8-4-9(14)11(16)10(15)7(8)5-18-12(17)19-6-2-1-3-6/h4,6H,1-3,5H2,(H3,17,18,19). The first-order valence-corrected chi connectivity index (χ1v) is 5.87. The molecule has 19 heavy (non-hydrogen) atoms. The number of rotatable bonds is 3. The number of nitrogens with two attached hydrogens (primary N) is 1. The number of benzene rings is 1. The molecule has 0 heterocycles. The summed E-state index contributed by atoms with van der Waals surface area (Å²) < 4.78 is 52.3. The van der Waals surface area contributed by atoms with Crippen molar-refractivity contribution >= 4 is 5.96 Å². The van der Waals surface area contributed by atoms with E-state index in [1.54, 1.807) is 0 Å². The molecule has 1 fully saturated rings. The van der Waals surface area contributed by atoms with Crippen LogP contribution in [0.3, 0.4) is 0 Å². The molecule has 0 amide bonds. The van der Waals surface area contributed by atoms with Crippen LogP contribution in [-0.4, -0.2) is 12.0 Å². The summed E-state index contributed by atoms with van der Waals surface area (Å²) in [5, 5.41) is 2.87. The minimum atomic E-state index is -1.71. The first kappa shape index (κ1) is 13.6. The van der Waals surface area contributed by atoms with Crippen LogP contribution in [0.1, 0.15) is 24.8 Å². The molecule has 0 aromatic heterocycles. The van der Waals surface area contributed by atoms with Crippen molar-refractivity contribution in [2.24, 2.45) is 10.7 Å². The van der Waals surface area contributed by atoms with E-state index >= 15 is 0 Å². The Bertz CT molecular complexity index is 512. The molecule has 0 saturated heterocycles. The van der Waals surface area contributed by atoms with Gasteiger partial charge >= 0.3 is 0 Å². The van der Waals surface area contributed by atoms with Gasteiger partial charge in [-0.1, -0.05) is 0 Å². The Kier molecular flexibility index (Phi) is 3.92. The number of nitrogens with zero attached hydrogens (tertiary/aromatic N) is 1. The summed E-state index contributed by atoms with van der Waals surface area (Å²) in [6.07, 6.45) is 3.02. The second-order valence-corrected chi connectivity index (χ2v) is 4.42. The molecule has 3 nitrogen and oxygen atoms in total. The summed E-state index contributed by atoms with van der Waals surface area (Å²) in [5.41, 5.74) is 4.88. The summed E-state index contributed by atoms with van der Waals surface area (Å²) in [4.78, 5) is 3.72. The van der Waals surface area contributed by atoms with Crippen molar-refractivity contribution in [3.63, 3.8) is 0 Å². The van der Waals surface area contributed by atoms with E-state index in [2.05, 4.69) is 10.3 Å². The third-order valence-corrected chi connectivity index (χ3v) is 3.07. The van der Waals surface area contributed by atoms with Gasteiger partial charge in [-0.15, -0.1) is 0 Å². The summed E-state index contributed by atoms with van der Waals surface area (Å²) >= 11 is 0. The van der Waals surface area contributed by atoms with E-state index in [1.807, 2.05) is 0 Å². The Labute approximate surface area is 107 Å². The second kappa shape index (κ2) is 5.46. The molecule has 0 aliphatic heterocycles. The fourth-order valence-corrected chi connectivity index (χ4v) is 1.72. The molecule has 0 radical (unpaired) electrons. The summed E-state index contributed by atoms with van der Waals surface area (Å²) in [5.74, 6) is -6.00. The highest BCUT2D eigenvalue weighted by atomic mass is 19.2. The van der Waals surface area contributed by atoms with E-state index in [-0.39, 0.29) is 12.0 Å². The predicted molar refractivity (Wildman–Crippen MR) is 62.4 cm³/mol. The molecule has 104 valence electrons. The average molecular weight is 275 g/mol. The Hall–Kier alpha value is -1.79. The molecular formula is C12H13F4N3. The fraction of sp³-hybridized carbons (Fsp3) is 0.417. The Morgan fingerprint density at radius 2 is 1.89 bits per heavy atom. The smallest absolute Gasteiger partial charge is 0.194 e. The molecule has 1 aliphatic rings. The summed E-state index contributed by atoms with van der Waals surface area (Å²) in [7, 11) is 0. The molecule has 1 aliphatic carbocycles. The topological polar surface area (TPSA) is 50.4 Å². The summed E-state index contributed by atoms with van der Waals surface area (Å²) in [6.45, 7) is -0.486. The third-order valence-electron chi connectivity index (χ3n) is 3.07. The minimum Gasteiger partial charge on any atom is -0.370 e. The Morgan fingerprint density at radius 3 is 2.47 bits per heavy atom. The van der Waals surface area contributed by atoms with Crippen molar-refractivity contribution in [1.82, 2.24) is 5.32 Å². The second-order valence-electron chi connectivity index (χ2n) is 4.42. The highest BCUT2D eigenvalue weighted by Crippen LogP contribution is 2.20. The SMILES string of the molecule is NC(=NCc1c(F)cc(F)c(F)c1F)NC1CCC1. The molecular weight excluding hydrogens is 262 g/mol. The van der Waals surface area contributed by atoms with Crippen LogP contribution in [0.4, 0.5) is 17.6 Å². The molecule has 7 heteroatoms. The monoisotopic (exact) mass is 275 g/mol. The van der Waals surface area contributed by atoms with Gasteiger partial charge in [0.15, 0.2) is 23.4 Å². The van der Waals surface area contributed by atoms with E-state index in [4.69, 9.17) is 5.73 Å². The maximum atomic E-state index is 13.3. The lowest BCUT2D eigenvalue weighted by molar-refractivity contribution is 0.382. The van der Waals surface area contributed by atoms with Crippen LogP contribution in [0.2, 0.25) is 0 Å². The number of hydrogen-bond donors (Lipinski definition) is 2. The minimum absolute atomic E-state index is 0.0354. The highest BCUT2D eigenvalue weighted by molar-refractivity contribution is 5.78. The van der Waals surface area contributed by atoms with Crippen molar-refractivity contribution in [3.8, 4) is 0 Å². The first-order chi connectivity index (χ1) is 8.99. The Balaban J connectivity index is 2.10. The van der Waals surface area contributed by atoms with Gasteiger partial charge in [0, 0.05) is 17.7 Å². The number of guanidine groups is 1. The van der Waals surface area contributed by atoms with E-state index in [9.17, 15) is 17.6 Å². The zero-order valence-electron chi connectivity index (χ0n) is 10.0. The fourth-order valence-electron chi connectivity index (χ4n) is 1.72. The van der Waals surface area contributed by atoms with Gasteiger partial charge in [0.1, 0.15) is 5.82 Å². The number of nitrogens with one attached hydrogen (secondary N) is 1. The number of halogens is 4. The average Bonchev–Trinajstić information content (AvgIpc) is 2.31. The van der Waals surface area contributed by atoms with E-state index in [0.717, 1.165) is 19.3 Å². The van der Waals surface area contributed by atoms with Crippen molar-refractivity contribution in [1.29, 1.82) is 0 Å². The highest BCUT2D eigenvalue weighted by Gasteiger charge is 2.20. The zero-order chi connectivity index (χ0) is 14.0. The van der Waals surface area contributed by atoms with Gasteiger partial charge in [-0.2, -0.15) is 0 Å². The molecule has 0 unspecified atom stereocenters. The van der Waals surface area contributed by atoms with Crippen LogP contribution < -0.4 is 11.1 Å². The van der Waals surface area contributed by atoms with Gasteiger partial charge in [0.05, 0.1) is 6.54 Å². The van der Waals surface area contributed by atoms with Gasteiger partial charge in [-0.05, 0) is 19.3 Å². The molecule has 2 rings (SSSR count). The normalized spacial score (nSPS) is 16.3. The van der Waals surface area contributed by atoms with E-state index < -0.39 is 35.4 Å². The van der Waals surface area contributed by atoms with E-state index in [1.165, 1.54) is 0 Å². The van der Waals surface area contributed by atoms with Crippen molar-refractivity contribution < 1.29 is 17.6 Å². The maximum absolute atomic E-state index is 13.3. The molecule has 1 saturated carbocycles. The van der Waals surface area contributed by atoms with Crippen molar-refractivity contribution in [2.75, 3.05) is 0 Å².